The van der Waals surface area contributed by atoms with Crippen LogP contribution in [-0.2, 0) is 4.74 Å². The molecule has 3 nitrogen and oxygen atoms in total. The van der Waals surface area contributed by atoms with E-state index in [1.165, 1.54) is 38.8 Å². The van der Waals surface area contributed by atoms with Crippen molar-refractivity contribution in [2.75, 3.05) is 40.4 Å². The summed E-state index contributed by atoms with van der Waals surface area (Å²) >= 11 is 0. The first-order valence-electron chi connectivity index (χ1n) is 5.74. The second kappa shape index (κ2) is 7.21. The highest BCUT2D eigenvalue weighted by Gasteiger charge is 2.19. The molecule has 1 saturated carbocycles. The smallest absolute Gasteiger partial charge is 0.0589 e. The van der Waals surface area contributed by atoms with Gasteiger partial charge in [-0.15, -0.1) is 0 Å². The summed E-state index contributed by atoms with van der Waals surface area (Å²) in [5, 5.41) is 3.53. The van der Waals surface area contributed by atoms with Gasteiger partial charge in [0.25, 0.3) is 0 Å². The number of hydrogen-bond acceptors (Lipinski definition) is 3. The van der Waals surface area contributed by atoms with Gasteiger partial charge in [-0.3, -0.25) is 0 Å². The van der Waals surface area contributed by atoms with Crippen LogP contribution in [0.5, 0.6) is 0 Å². The largest absolute Gasteiger partial charge is 0.383 e. The first-order valence-corrected chi connectivity index (χ1v) is 5.74. The van der Waals surface area contributed by atoms with E-state index in [1.54, 1.807) is 7.11 Å². The van der Waals surface area contributed by atoms with Crippen molar-refractivity contribution in [2.45, 2.75) is 31.7 Å². The van der Waals surface area contributed by atoms with E-state index in [2.05, 4.69) is 17.3 Å². The fraction of sp³-hybridized carbons (Fsp3) is 1.00. The lowest BCUT2D eigenvalue weighted by atomic mass is 10.3. The van der Waals surface area contributed by atoms with Gasteiger partial charge in [-0.2, -0.15) is 0 Å². The van der Waals surface area contributed by atoms with Crippen LogP contribution in [0.3, 0.4) is 0 Å². The Hall–Kier alpha value is -0.120. The minimum Gasteiger partial charge on any atom is -0.383 e. The third kappa shape index (κ3) is 6.35. The van der Waals surface area contributed by atoms with E-state index in [0.717, 1.165) is 19.2 Å². The van der Waals surface area contributed by atoms with Gasteiger partial charge >= 0.3 is 0 Å². The number of ether oxygens (including phenoxy) is 1. The molecular weight excluding hydrogens is 176 g/mol. The summed E-state index contributed by atoms with van der Waals surface area (Å²) in [6.45, 7) is 4.28. The predicted octanol–water partition coefficient (Wildman–Crippen LogP) is 1.10. The summed E-state index contributed by atoms with van der Waals surface area (Å²) in [4.78, 5) is 2.33. The van der Waals surface area contributed by atoms with Gasteiger partial charge in [0, 0.05) is 19.7 Å². The first kappa shape index (κ1) is 12.0. The van der Waals surface area contributed by atoms with Crippen molar-refractivity contribution in [1.82, 2.24) is 10.2 Å². The van der Waals surface area contributed by atoms with Crippen LogP contribution >= 0.6 is 0 Å². The third-order valence-electron chi connectivity index (χ3n) is 2.65. The van der Waals surface area contributed by atoms with Crippen LogP contribution in [0.2, 0.25) is 0 Å². The lowest BCUT2D eigenvalue weighted by Crippen LogP contribution is -2.25. The van der Waals surface area contributed by atoms with Crippen molar-refractivity contribution in [1.29, 1.82) is 0 Å². The number of hydrogen-bond donors (Lipinski definition) is 1. The predicted molar refractivity (Wildman–Crippen MR) is 59.6 cm³/mol. The summed E-state index contributed by atoms with van der Waals surface area (Å²) in [6, 6.07) is 0.862. The molecule has 0 unspecified atom stereocenters. The van der Waals surface area contributed by atoms with Crippen molar-refractivity contribution in [2.24, 2.45) is 0 Å². The van der Waals surface area contributed by atoms with Crippen molar-refractivity contribution in [3.05, 3.63) is 0 Å². The van der Waals surface area contributed by atoms with Crippen LogP contribution in [0.15, 0.2) is 0 Å². The highest BCUT2D eigenvalue weighted by atomic mass is 16.5. The van der Waals surface area contributed by atoms with Crippen molar-refractivity contribution >= 4 is 0 Å². The highest BCUT2D eigenvalue weighted by molar-refractivity contribution is 4.80. The molecule has 0 aromatic carbocycles. The number of likely N-dealkylation sites (N-methyl/N-ethyl adjacent to an activating group) is 1. The van der Waals surface area contributed by atoms with Crippen molar-refractivity contribution in [3.8, 4) is 0 Å². The molecule has 0 heterocycles. The Morgan fingerprint density at radius 3 is 2.71 bits per heavy atom. The fourth-order valence-corrected chi connectivity index (χ4v) is 1.46. The SMILES string of the molecule is COCCN(C)CCCCNC1CC1. The highest BCUT2D eigenvalue weighted by Crippen LogP contribution is 2.18. The molecule has 0 radical (unpaired) electrons. The summed E-state index contributed by atoms with van der Waals surface area (Å²) in [5.41, 5.74) is 0. The molecule has 0 amide bonds. The maximum absolute atomic E-state index is 5.03. The normalized spacial score (nSPS) is 16.5. The van der Waals surface area contributed by atoms with Crippen LogP contribution in [0.25, 0.3) is 0 Å². The number of nitrogens with one attached hydrogen (secondary N) is 1. The molecule has 0 atom stereocenters. The molecule has 1 fully saturated rings. The molecule has 84 valence electrons. The number of rotatable bonds is 9. The van der Waals surface area contributed by atoms with Gasteiger partial charge in [0.15, 0.2) is 0 Å². The van der Waals surface area contributed by atoms with Crippen LogP contribution < -0.4 is 5.32 Å². The summed E-state index contributed by atoms with van der Waals surface area (Å²) in [7, 11) is 3.92. The van der Waals surface area contributed by atoms with E-state index in [4.69, 9.17) is 4.74 Å². The average Bonchev–Trinajstić information content (AvgIpc) is 2.98. The molecule has 1 aliphatic carbocycles. The Morgan fingerprint density at radius 2 is 2.07 bits per heavy atom. The molecule has 0 spiro atoms. The Labute approximate surface area is 87.8 Å². The van der Waals surface area contributed by atoms with Gasteiger partial charge in [-0.25, -0.2) is 0 Å². The lowest BCUT2D eigenvalue weighted by molar-refractivity contribution is 0.160. The average molecular weight is 200 g/mol. The summed E-state index contributed by atoms with van der Waals surface area (Å²) < 4.78 is 5.03. The van der Waals surface area contributed by atoms with Gasteiger partial charge in [-0.05, 0) is 45.8 Å². The summed E-state index contributed by atoms with van der Waals surface area (Å²) in [5.74, 6) is 0. The van der Waals surface area contributed by atoms with E-state index in [1.807, 2.05) is 0 Å². The maximum Gasteiger partial charge on any atom is 0.0589 e. The first-order chi connectivity index (χ1) is 6.83. The monoisotopic (exact) mass is 200 g/mol. The number of methoxy groups -OCH3 is 1. The second-order valence-electron chi connectivity index (χ2n) is 4.23. The van der Waals surface area contributed by atoms with Gasteiger partial charge in [0.1, 0.15) is 0 Å². The molecule has 0 saturated heterocycles. The van der Waals surface area contributed by atoms with E-state index >= 15 is 0 Å². The fourth-order valence-electron chi connectivity index (χ4n) is 1.46. The van der Waals surface area contributed by atoms with E-state index in [-0.39, 0.29) is 0 Å². The zero-order chi connectivity index (χ0) is 10.2. The second-order valence-corrected chi connectivity index (χ2v) is 4.23. The molecule has 3 heteroatoms. The Kier molecular flexibility index (Phi) is 6.15. The van der Waals surface area contributed by atoms with Crippen LogP contribution in [0.4, 0.5) is 0 Å². The van der Waals surface area contributed by atoms with Crippen LogP contribution in [0.1, 0.15) is 25.7 Å². The van der Waals surface area contributed by atoms with Crippen molar-refractivity contribution < 1.29 is 4.74 Å². The molecular formula is C11H24N2O. The molecule has 0 aromatic rings. The van der Waals surface area contributed by atoms with Gasteiger partial charge in [-0.1, -0.05) is 0 Å². The van der Waals surface area contributed by atoms with Crippen LogP contribution in [0, 0.1) is 0 Å². The van der Waals surface area contributed by atoms with E-state index < -0.39 is 0 Å². The van der Waals surface area contributed by atoms with E-state index in [0.29, 0.717) is 0 Å². The molecule has 1 N–H and O–H groups in total. The lowest BCUT2D eigenvalue weighted by Gasteiger charge is -2.15. The molecule has 1 rings (SSSR count). The zero-order valence-corrected chi connectivity index (χ0v) is 9.59. The molecule has 0 bridgehead atoms. The third-order valence-corrected chi connectivity index (χ3v) is 2.65. The number of unbranched alkanes of at least 4 members (excludes halogenated alkanes) is 1. The standard InChI is InChI=1S/C11H24N2O/c1-13(9-10-14-2)8-4-3-7-12-11-5-6-11/h11-12H,3-10H2,1-2H3. The molecule has 14 heavy (non-hydrogen) atoms. The molecule has 0 aromatic heterocycles. The Morgan fingerprint density at radius 1 is 1.29 bits per heavy atom. The molecule has 1 aliphatic rings. The minimum absolute atomic E-state index is 0.844. The Balaban J connectivity index is 1.77. The Bertz CT molecular complexity index is 137. The van der Waals surface area contributed by atoms with Gasteiger partial charge < -0.3 is 15.0 Å². The van der Waals surface area contributed by atoms with Gasteiger partial charge in [0.2, 0.25) is 0 Å². The molecule has 0 aliphatic heterocycles. The summed E-state index contributed by atoms with van der Waals surface area (Å²) in [6.07, 6.45) is 5.38. The van der Waals surface area contributed by atoms with Crippen molar-refractivity contribution in [3.63, 3.8) is 0 Å². The van der Waals surface area contributed by atoms with Gasteiger partial charge in [0.05, 0.1) is 6.61 Å². The quantitative estimate of drug-likeness (QED) is 0.564. The maximum atomic E-state index is 5.03. The van der Waals surface area contributed by atoms with E-state index in [9.17, 15) is 0 Å². The minimum atomic E-state index is 0.844. The van der Waals surface area contributed by atoms with Crippen LogP contribution in [-0.4, -0.2) is 51.3 Å². The topological polar surface area (TPSA) is 24.5 Å². The number of nitrogens with zero attached hydrogens (tertiary/aromatic N) is 1. The zero-order valence-electron chi connectivity index (χ0n) is 9.59.